The fraction of sp³-hybridized carbons (Fsp3) is 0.455. The Hall–Kier alpha value is -3.34. The Bertz CT molecular complexity index is 1060. The molecule has 0 spiro atoms. The molecule has 1 saturated heterocycles. The van der Waals surface area contributed by atoms with Crippen molar-refractivity contribution in [2.45, 2.75) is 44.6 Å². The topological polar surface area (TPSA) is 111 Å². The van der Waals surface area contributed by atoms with Crippen LogP contribution in [0.25, 0.3) is 0 Å². The summed E-state index contributed by atoms with van der Waals surface area (Å²) in [5.74, 6) is -0.896. The van der Waals surface area contributed by atoms with Crippen molar-refractivity contribution in [2.75, 3.05) is 23.9 Å². The van der Waals surface area contributed by atoms with E-state index in [0.29, 0.717) is 28.9 Å². The van der Waals surface area contributed by atoms with Crippen molar-refractivity contribution < 1.29 is 9.53 Å². The van der Waals surface area contributed by atoms with E-state index in [9.17, 15) is 14.9 Å². The first kappa shape index (κ1) is 20.0. The van der Waals surface area contributed by atoms with Crippen LogP contribution in [0.3, 0.4) is 0 Å². The molecule has 3 atom stereocenters. The third kappa shape index (κ3) is 3.41. The van der Waals surface area contributed by atoms with Gasteiger partial charge in [0, 0.05) is 18.5 Å². The quantitative estimate of drug-likeness (QED) is 0.806. The third-order valence-electron chi connectivity index (χ3n) is 6.07. The van der Waals surface area contributed by atoms with Crippen LogP contribution >= 0.6 is 0 Å². The number of carbonyl (C=O) groups excluding carboxylic acids is 1. The summed E-state index contributed by atoms with van der Waals surface area (Å²) in [4.78, 5) is 35.6. The van der Waals surface area contributed by atoms with Gasteiger partial charge in [0.2, 0.25) is 11.9 Å². The molecule has 156 valence electrons. The predicted octanol–water partition coefficient (Wildman–Crippen LogP) is 2.77. The summed E-state index contributed by atoms with van der Waals surface area (Å²) in [6.45, 7) is 2.94. The Labute approximate surface area is 174 Å². The Morgan fingerprint density at radius 1 is 1.33 bits per heavy atom. The van der Waals surface area contributed by atoms with Crippen molar-refractivity contribution in [3.05, 3.63) is 45.7 Å². The van der Waals surface area contributed by atoms with Crippen LogP contribution in [0, 0.1) is 17.2 Å². The van der Waals surface area contributed by atoms with E-state index in [4.69, 9.17) is 4.74 Å². The van der Waals surface area contributed by atoms with Crippen LogP contribution in [0.4, 0.5) is 11.8 Å². The monoisotopic (exact) mass is 407 g/mol. The van der Waals surface area contributed by atoms with Crippen molar-refractivity contribution in [3.8, 4) is 11.8 Å². The Morgan fingerprint density at radius 3 is 2.90 bits per heavy atom. The molecule has 3 heterocycles. The van der Waals surface area contributed by atoms with Gasteiger partial charge in [-0.25, -0.2) is 0 Å². The van der Waals surface area contributed by atoms with Gasteiger partial charge < -0.3 is 15.0 Å². The van der Waals surface area contributed by atoms with Gasteiger partial charge in [-0.3, -0.25) is 14.6 Å². The van der Waals surface area contributed by atoms with E-state index in [0.717, 1.165) is 32.2 Å². The van der Waals surface area contributed by atoms with Crippen molar-refractivity contribution >= 4 is 17.7 Å². The van der Waals surface area contributed by atoms with Gasteiger partial charge in [0.05, 0.1) is 18.7 Å². The summed E-state index contributed by atoms with van der Waals surface area (Å²) in [5, 5.41) is 12.4. The van der Waals surface area contributed by atoms with Gasteiger partial charge in [-0.05, 0) is 43.4 Å². The highest BCUT2D eigenvalue weighted by Gasteiger charge is 2.40. The molecule has 1 amide bonds. The molecule has 0 radical (unpaired) electrons. The molecule has 8 heteroatoms. The fourth-order valence-corrected chi connectivity index (χ4v) is 4.53. The molecule has 2 aliphatic heterocycles. The lowest BCUT2D eigenvalue weighted by Gasteiger charge is -2.36. The molecule has 0 bridgehead atoms. The number of fused-ring (bicyclic) bond motifs is 1. The van der Waals surface area contributed by atoms with Crippen LogP contribution < -0.4 is 20.5 Å². The second-order valence-electron chi connectivity index (χ2n) is 7.75. The lowest BCUT2D eigenvalue weighted by molar-refractivity contribution is -0.119. The molecule has 0 aliphatic carbocycles. The van der Waals surface area contributed by atoms with Gasteiger partial charge in [0.1, 0.15) is 17.5 Å². The highest BCUT2D eigenvalue weighted by Crippen LogP contribution is 2.39. The van der Waals surface area contributed by atoms with E-state index < -0.39 is 17.7 Å². The van der Waals surface area contributed by atoms with Crippen LogP contribution in [0.15, 0.2) is 29.1 Å². The smallest absolute Gasteiger partial charge is 0.258 e. The summed E-state index contributed by atoms with van der Waals surface area (Å²) in [6, 6.07) is 9.47. The molecule has 3 unspecified atom stereocenters. The number of methoxy groups -OCH3 is 1. The largest absolute Gasteiger partial charge is 0.497 e. The van der Waals surface area contributed by atoms with Gasteiger partial charge in [-0.1, -0.05) is 19.1 Å². The van der Waals surface area contributed by atoms with E-state index in [2.05, 4.69) is 33.2 Å². The van der Waals surface area contributed by atoms with Gasteiger partial charge in [-0.15, -0.1) is 0 Å². The molecule has 0 saturated carbocycles. The Balaban J connectivity index is 1.84. The number of nitrogens with one attached hydrogen (secondary N) is 2. The van der Waals surface area contributed by atoms with Crippen molar-refractivity contribution in [1.82, 2.24) is 9.97 Å². The maximum Gasteiger partial charge on any atom is 0.258 e. The predicted molar refractivity (Wildman–Crippen MR) is 113 cm³/mol. The molecule has 2 N–H and O–H groups in total. The maximum absolute atomic E-state index is 13.2. The van der Waals surface area contributed by atoms with Crippen molar-refractivity contribution in [3.63, 3.8) is 0 Å². The number of amides is 1. The molecule has 1 aromatic heterocycles. The normalized spacial score (nSPS) is 23.3. The number of ether oxygens (including phenoxy) is 1. The minimum Gasteiger partial charge on any atom is -0.497 e. The number of rotatable bonds is 4. The summed E-state index contributed by atoms with van der Waals surface area (Å²) < 4.78 is 5.29. The molecule has 2 aromatic rings. The first-order valence-corrected chi connectivity index (χ1v) is 10.3. The zero-order valence-corrected chi connectivity index (χ0v) is 17.1. The Kier molecular flexibility index (Phi) is 5.44. The second kappa shape index (κ2) is 8.19. The van der Waals surface area contributed by atoms with E-state index in [1.165, 1.54) is 0 Å². The minimum absolute atomic E-state index is 0.235. The number of benzene rings is 1. The van der Waals surface area contributed by atoms with Crippen LogP contribution in [-0.4, -0.2) is 35.6 Å². The van der Waals surface area contributed by atoms with Gasteiger partial charge in [0.25, 0.3) is 5.56 Å². The number of hydrogen-bond acceptors (Lipinski definition) is 6. The number of aromatic amines is 1. The van der Waals surface area contributed by atoms with Gasteiger partial charge in [-0.2, -0.15) is 10.2 Å². The van der Waals surface area contributed by atoms with Gasteiger partial charge in [0.15, 0.2) is 0 Å². The lowest BCUT2D eigenvalue weighted by Crippen LogP contribution is -2.43. The van der Waals surface area contributed by atoms with Crippen LogP contribution in [-0.2, 0) is 4.79 Å². The summed E-state index contributed by atoms with van der Waals surface area (Å²) >= 11 is 0. The Morgan fingerprint density at radius 2 is 2.17 bits per heavy atom. The number of aromatic nitrogens is 2. The molecular formula is C22H25N5O3. The molecule has 1 aromatic carbocycles. The molecule has 4 rings (SSSR count). The van der Waals surface area contributed by atoms with Crippen LogP contribution in [0.5, 0.6) is 5.75 Å². The average molecular weight is 407 g/mol. The van der Waals surface area contributed by atoms with E-state index in [1.54, 1.807) is 31.4 Å². The van der Waals surface area contributed by atoms with Crippen molar-refractivity contribution in [2.24, 2.45) is 5.92 Å². The van der Waals surface area contributed by atoms with E-state index >= 15 is 0 Å². The first-order valence-electron chi connectivity index (χ1n) is 10.3. The molecule has 2 aliphatic rings. The number of nitriles is 1. The molecule has 8 nitrogen and oxygen atoms in total. The SMILES string of the molecule is CCC1CCCCN1c1nc2c(c(=O)[nH]1)C(c1cccc(OC)c1)C(C#N)C(=O)N2. The van der Waals surface area contributed by atoms with E-state index in [1.807, 2.05) is 0 Å². The minimum atomic E-state index is -1.03. The number of piperidine rings is 1. The van der Waals surface area contributed by atoms with E-state index in [-0.39, 0.29) is 11.4 Å². The zero-order chi connectivity index (χ0) is 21.3. The lowest BCUT2D eigenvalue weighted by atomic mass is 9.79. The maximum atomic E-state index is 13.2. The molecule has 30 heavy (non-hydrogen) atoms. The standard InChI is InChI=1S/C22H25N5O3/c1-3-14-8-4-5-10-27(14)22-25-19-18(21(29)26-22)17(16(12-23)20(28)24-19)13-7-6-9-15(11-13)30-2/h6-7,9,11,14,16-17H,3-5,8,10H2,1-2H3,(H2,24,25,26,28,29). The van der Waals surface area contributed by atoms with Crippen molar-refractivity contribution in [1.29, 1.82) is 5.26 Å². The second-order valence-corrected chi connectivity index (χ2v) is 7.75. The number of H-pyrrole nitrogens is 1. The highest BCUT2D eigenvalue weighted by atomic mass is 16.5. The summed E-state index contributed by atoms with van der Waals surface area (Å²) in [7, 11) is 1.55. The zero-order valence-electron chi connectivity index (χ0n) is 17.1. The molecular weight excluding hydrogens is 382 g/mol. The summed E-state index contributed by atoms with van der Waals surface area (Å²) in [6.07, 6.45) is 4.19. The number of hydrogen-bond donors (Lipinski definition) is 2. The third-order valence-corrected chi connectivity index (χ3v) is 6.07. The number of carbonyl (C=O) groups is 1. The number of anilines is 2. The fourth-order valence-electron chi connectivity index (χ4n) is 4.53. The summed E-state index contributed by atoms with van der Waals surface area (Å²) in [5.41, 5.74) is 0.646. The van der Waals surface area contributed by atoms with Crippen LogP contribution in [0.2, 0.25) is 0 Å². The first-order chi connectivity index (χ1) is 14.6. The highest BCUT2D eigenvalue weighted by molar-refractivity contribution is 5.98. The average Bonchev–Trinajstić information content (AvgIpc) is 2.78. The number of nitrogens with zero attached hydrogens (tertiary/aromatic N) is 3. The molecule has 1 fully saturated rings. The van der Waals surface area contributed by atoms with Crippen LogP contribution in [0.1, 0.15) is 49.7 Å². The van der Waals surface area contributed by atoms with Gasteiger partial charge >= 0.3 is 0 Å².